The predicted molar refractivity (Wildman–Crippen MR) is 120 cm³/mol. The third-order valence-corrected chi connectivity index (χ3v) is 8.51. The summed E-state index contributed by atoms with van der Waals surface area (Å²) in [5.41, 5.74) is 3.34. The van der Waals surface area contributed by atoms with Crippen molar-refractivity contribution in [2.45, 2.75) is 49.6 Å². The van der Waals surface area contributed by atoms with Gasteiger partial charge in [-0.1, -0.05) is 42.0 Å². The molecule has 5 nitrogen and oxygen atoms in total. The highest BCUT2D eigenvalue weighted by atomic mass is 32.2. The Bertz CT molecular complexity index is 943. The number of nitrogens with zero attached hydrogens (tertiary/aromatic N) is 2. The zero-order valence-corrected chi connectivity index (χ0v) is 18.8. The van der Waals surface area contributed by atoms with Gasteiger partial charge in [-0.15, -0.1) is 0 Å². The van der Waals surface area contributed by atoms with Crippen LogP contribution in [-0.2, 0) is 14.8 Å². The van der Waals surface area contributed by atoms with Crippen LogP contribution in [0.2, 0.25) is 0 Å². The molecule has 0 N–H and O–H groups in total. The highest BCUT2D eigenvalue weighted by molar-refractivity contribution is 7.89. The first-order valence-corrected chi connectivity index (χ1v) is 12.4. The molecule has 0 amide bonds. The summed E-state index contributed by atoms with van der Waals surface area (Å²) < 4.78 is 33.4. The number of rotatable bonds is 5. The summed E-state index contributed by atoms with van der Waals surface area (Å²) in [6.07, 6.45) is 4.32. The third kappa shape index (κ3) is 4.62. The van der Waals surface area contributed by atoms with Crippen molar-refractivity contribution in [3.8, 4) is 11.1 Å². The van der Waals surface area contributed by atoms with Crippen molar-refractivity contribution >= 4 is 10.0 Å². The molecule has 0 aromatic heterocycles. The van der Waals surface area contributed by atoms with Crippen molar-refractivity contribution in [1.82, 2.24) is 9.21 Å². The molecule has 2 aliphatic rings. The van der Waals surface area contributed by atoms with Gasteiger partial charge >= 0.3 is 0 Å². The number of sulfonamides is 1. The third-order valence-electron chi connectivity index (χ3n) is 6.59. The smallest absolute Gasteiger partial charge is 0.243 e. The van der Waals surface area contributed by atoms with Crippen molar-refractivity contribution in [3.05, 3.63) is 54.1 Å². The van der Waals surface area contributed by atoms with Crippen LogP contribution in [0.25, 0.3) is 11.1 Å². The highest BCUT2D eigenvalue weighted by Crippen LogP contribution is 2.27. The van der Waals surface area contributed by atoms with Gasteiger partial charge in [-0.25, -0.2) is 8.42 Å². The van der Waals surface area contributed by atoms with Crippen LogP contribution in [0.3, 0.4) is 0 Å². The van der Waals surface area contributed by atoms with Gasteiger partial charge in [-0.3, -0.25) is 0 Å². The number of likely N-dealkylation sites (tertiary alicyclic amines) is 1. The molecule has 162 valence electrons. The van der Waals surface area contributed by atoms with Gasteiger partial charge in [0.1, 0.15) is 0 Å². The summed E-state index contributed by atoms with van der Waals surface area (Å²) in [5.74, 6) is 0. The molecule has 2 aromatic rings. The summed E-state index contributed by atoms with van der Waals surface area (Å²) in [6.45, 7) is 5.35. The van der Waals surface area contributed by atoms with E-state index in [1.165, 1.54) is 5.56 Å². The van der Waals surface area contributed by atoms with Crippen LogP contribution in [-0.4, -0.2) is 63.1 Å². The molecule has 2 saturated heterocycles. The number of aryl methyl sites for hydroxylation is 1. The van der Waals surface area contributed by atoms with Crippen LogP contribution in [0.1, 0.15) is 31.2 Å². The minimum absolute atomic E-state index is 0.379. The molecule has 0 radical (unpaired) electrons. The number of hydrogen-bond acceptors (Lipinski definition) is 4. The molecule has 2 fully saturated rings. The molecule has 6 heteroatoms. The van der Waals surface area contributed by atoms with E-state index in [2.05, 4.69) is 30.0 Å². The topological polar surface area (TPSA) is 49.9 Å². The van der Waals surface area contributed by atoms with E-state index in [9.17, 15) is 8.42 Å². The second-order valence-electron chi connectivity index (χ2n) is 8.50. The van der Waals surface area contributed by atoms with E-state index >= 15 is 0 Å². The maximum Gasteiger partial charge on any atom is 0.243 e. The van der Waals surface area contributed by atoms with E-state index < -0.39 is 10.0 Å². The minimum Gasteiger partial charge on any atom is -0.381 e. The summed E-state index contributed by atoms with van der Waals surface area (Å²) in [5, 5.41) is 0. The van der Waals surface area contributed by atoms with Gasteiger partial charge in [0, 0.05) is 39.3 Å². The molecule has 2 aliphatic heterocycles. The van der Waals surface area contributed by atoms with E-state index in [0.29, 0.717) is 30.1 Å². The lowest BCUT2D eigenvalue weighted by Crippen LogP contribution is -2.49. The normalized spacial score (nSPS) is 20.5. The summed E-state index contributed by atoms with van der Waals surface area (Å²) in [7, 11) is -1.65. The van der Waals surface area contributed by atoms with Gasteiger partial charge in [0.2, 0.25) is 10.0 Å². The maximum atomic E-state index is 13.1. The fraction of sp³-hybridized carbons (Fsp3) is 0.500. The Morgan fingerprint density at radius 2 is 1.53 bits per heavy atom. The van der Waals surface area contributed by atoms with Crippen molar-refractivity contribution in [2.75, 3.05) is 33.3 Å². The average molecular weight is 429 g/mol. The highest BCUT2D eigenvalue weighted by Gasteiger charge is 2.33. The predicted octanol–water partition coefficient (Wildman–Crippen LogP) is 3.93. The van der Waals surface area contributed by atoms with E-state index in [1.807, 2.05) is 18.2 Å². The maximum absolute atomic E-state index is 13.1. The monoisotopic (exact) mass is 428 g/mol. The van der Waals surface area contributed by atoms with Crippen LogP contribution >= 0.6 is 0 Å². The van der Waals surface area contributed by atoms with Crippen LogP contribution in [0.15, 0.2) is 53.4 Å². The number of piperidine rings is 2. The molecular weight excluding hydrogens is 396 g/mol. The molecule has 0 saturated carbocycles. The molecule has 4 rings (SSSR count). The van der Waals surface area contributed by atoms with Crippen LogP contribution in [0.4, 0.5) is 0 Å². The van der Waals surface area contributed by atoms with E-state index in [1.54, 1.807) is 23.5 Å². The second-order valence-corrected chi connectivity index (χ2v) is 10.4. The zero-order valence-electron chi connectivity index (χ0n) is 18.0. The van der Waals surface area contributed by atoms with Crippen molar-refractivity contribution in [3.63, 3.8) is 0 Å². The Morgan fingerprint density at radius 1 is 0.867 bits per heavy atom. The summed E-state index contributed by atoms with van der Waals surface area (Å²) in [4.78, 5) is 2.91. The standard InChI is InChI=1S/C24H32N2O3S/c1-19-4-3-5-21(18-19)20-6-8-24(9-7-20)30(27,28)26-16-10-22(11-17-26)25-14-12-23(29-2)13-15-25/h3-9,18,22-23H,10-17H2,1-2H3. The van der Waals surface area contributed by atoms with Crippen molar-refractivity contribution in [1.29, 1.82) is 0 Å². The van der Waals surface area contributed by atoms with Gasteiger partial charge in [-0.05, 0) is 55.9 Å². The molecular formula is C24H32N2O3S. The molecule has 0 aliphatic carbocycles. The number of ether oxygens (including phenoxy) is 1. The lowest BCUT2D eigenvalue weighted by molar-refractivity contribution is 0.0190. The quantitative estimate of drug-likeness (QED) is 0.724. The molecule has 0 unspecified atom stereocenters. The van der Waals surface area contributed by atoms with Gasteiger partial charge in [-0.2, -0.15) is 4.31 Å². The van der Waals surface area contributed by atoms with Gasteiger partial charge in [0.05, 0.1) is 11.0 Å². The lowest BCUT2D eigenvalue weighted by Gasteiger charge is -2.41. The molecule has 2 heterocycles. The van der Waals surface area contributed by atoms with E-state index in [0.717, 1.165) is 49.9 Å². The Kier molecular flexibility index (Phi) is 6.58. The minimum atomic E-state index is -3.44. The molecule has 0 atom stereocenters. The van der Waals surface area contributed by atoms with Gasteiger partial charge in [0.15, 0.2) is 0 Å². The number of hydrogen-bond donors (Lipinski definition) is 0. The SMILES string of the molecule is COC1CCN(C2CCN(S(=O)(=O)c3ccc(-c4cccc(C)c4)cc3)CC2)CC1. The second kappa shape index (κ2) is 9.18. The first kappa shape index (κ1) is 21.5. The fourth-order valence-corrected chi connectivity index (χ4v) is 6.19. The van der Waals surface area contributed by atoms with Gasteiger partial charge < -0.3 is 9.64 Å². The van der Waals surface area contributed by atoms with Gasteiger partial charge in [0.25, 0.3) is 0 Å². The summed E-state index contributed by atoms with van der Waals surface area (Å²) in [6, 6.07) is 16.0. The molecule has 30 heavy (non-hydrogen) atoms. The fourth-order valence-electron chi connectivity index (χ4n) is 4.72. The lowest BCUT2D eigenvalue weighted by atomic mass is 10.00. The zero-order chi connectivity index (χ0) is 21.1. The Morgan fingerprint density at radius 3 is 2.13 bits per heavy atom. The largest absolute Gasteiger partial charge is 0.381 e. The Balaban J connectivity index is 1.38. The number of benzene rings is 2. The summed E-state index contributed by atoms with van der Waals surface area (Å²) >= 11 is 0. The van der Waals surface area contributed by atoms with Crippen LogP contribution < -0.4 is 0 Å². The van der Waals surface area contributed by atoms with Crippen LogP contribution in [0, 0.1) is 6.92 Å². The van der Waals surface area contributed by atoms with E-state index in [-0.39, 0.29) is 0 Å². The Hall–Kier alpha value is -1.73. The van der Waals surface area contributed by atoms with Crippen LogP contribution in [0.5, 0.6) is 0 Å². The molecule has 0 spiro atoms. The molecule has 0 bridgehead atoms. The Labute approximate surface area is 180 Å². The van der Waals surface area contributed by atoms with Crippen molar-refractivity contribution < 1.29 is 13.2 Å². The first-order chi connectivity index (χ1) is 14.5. The number of methoxy groups -OCH3 is 1. The molecule has 2 aromatic carbocycles. The van der Waals surface area contributed by atoms with E-state index in [4.69, 9.17) is 4.74 Å². The first-order valence-electron chi connectivity index (χ1n) is 10.9. The van der Waals surface area contributed by atoms with Crippen molar-refractivity contribution in [2.24, 2.45) is 0 Å². The average Bonchev–Trinajstić information content (AvgIpc) is 2.79.